The second-order valence-electron chi connectivity index (χ2n) is 12.2. The first-order chi connectivity index (χ1) is 21.1. The van der Waals surface area contributed by atoms with Crippen LogP contribution in [0.5, 0.6) is 23.0 Å². The summed E-state index contributed by atoms with van der Waals surface area (Å²) in [5.74, 6) is -1.17. The zero-order valence-corrected chi connectivity index (χ0v) is 25.1. The van der Waals surface area contributed by atoms with Crippen molar-refractivity contribution in [2.24, 2.45) is 23.7 Å². The van der Waals surface area contributed by atoms with Crippen LogP contribution in [0.2, 0.25) is 0 Å². The highest BCUT2D eigenvalue weighted by Gasteiger charge is 2.49. The minimum absolute atomic E-state index is 0.0631. The van der Waals surface area contributed by atoms with Gasteiger partial charge in [-0.25, -0.2) is 19.4 Å². The lowest BCUT2D eigenvalue weighted by Gasteiger charge is -2.34. The highest BCUT2D eigenvalue weighted by Crippen LogP contribution is 2.38. The molecule has 2 aromatic rings. The van der Waals surface area contributed by atoms with Crippen molar-refractivity contribution in [2.75, 3.05) is 26.8 Å². The zero-order valence-electron chi connectivity index (χ0n) is 25.1. The number of rotatable bonds is 9. The van der Waals surface area contributed by atoms with Gasteiger partial charge >= 0.3 is 12.2 Å². The Balaban J connectivity index is 1.43. The minimum atomic E-state index is -1.05. The largest absolute Gasteiger partial charge is 0.454 e. The smallest absolute Gasteiger partial charge is 0.416 e. The first-order valence-electron chi connectivity index (χ1n) is 14.9. The van der Waals surface area contributed by atoms with Gasteiger partial charge in [0.1, 0.15) is 13.2 Å². The maximum atomic E-state index is 14.6. The molecule has 2 saturated heterocycles. The number of fused-ring (bicyclic) bond motifs is 2. The lowest BCUT2D eigenvalue weighted by molar-refractivity contribution is -0.145. The average Bonchev–Trinajstić information content (AvgIpc) is 3.80. The molecule has 4 atom stereocenters. The number of benzene rings is 2. The normalized spacial score (nSPS) is 21.6. The van der Waals surface area contributed by atoms with Crippen LogP contribution in [0.4, 0.5) is 9.59 Å². The van der Waals surface area contributed by atoms with Crippen molar-refractivity contribution in [2.45, 2.75) is 52.6 Å². The van der Waals surface area contributed by atoms with Gasteiger partial charge < -0.3 is 28.4 Å². The van der Waals surface area contributed by atoms with E-state index < -0.39 is 47.9 Å². The van der Waals surface area contributed by atoms with Gasteiger partial charge in [0.25, 0.3) is 0 Å². The Kier molecular flexibility index (Phi) is 8.00. The van der Waals surface area contributed by atoms with Gasteiger partial charge in [0.15, 0.2) is 23.0 Å². The molecule has 0 aliphatic carbocycles. The van der Waals surface area contributed by atoms with Gasteiger partial charge in [-0.05, 0) is 60.1 Å². The molecular formula is C32H36N2O10. The Labute approximate surface area is 255 Å². The van der Waals surface area contributed by atoms with Crippen molar-refractivity contribution in [3.8, 4) is 23.0 Å². The molecule has 4 aliphatic heterocycles. The van der Waals surface area contributed by atoms with Gasteiger partial charge in [0, 0.05) is 0 Å². The van der Waals surface area contributed by atoms with Gasteiger partial charge in [0.2, 0.25) is 25.4 Å². The Morgan fingerprint density at radius 3 is 1.41 bits per heavy atom. The summed E-state index contributed by atoms with van der Waals surface area (Å²) in [7, 11) is 0. The number of ether oxygens (including phenoxy) is 6. The van der Waals surface area contributed by atoms with Crippen molar-refractivity contribution in [3.63, 3.8) is 0 Å². The Bertz CT molecular complexity index is 1360. The maximum absolute atomic E-state index is 14.6. The number of imide groups is 2. The first-order valence-corrected chi connectivity index (χ1v) is 14.9. The van der Waals surface area contributed by atoms with E-state index in [0.717, 1.165) is 9.80 Å². The molecule has 0 bridgehead atoms. The number of cyclic esters (lactones) is 2. The summed E-state index contributed by atoms with van der Waals surface area (Å²) < 4.78 is 32.7. The molecule has 2 aromatic carbocycles. The first kappa shape index (κ1) is 29.6. The van der Waals surface area contributed by atoms with E-state index in [1.54, 1.807) is 36.4 Å². The topological polar surface area (TPSA) is 130 Å². The summed E-state index contributed by atoms with van der Waals surface area (Å²) in [5.41, 5.74) is 1.41. The van der Waals surface area contributed by atoms with Crippen molar-refractivity contribution >= 4 is 24.0 Å². The van der Waals surface area contributed by atoms with E-state index in [9.17, 15) is 19.2 Å². The fraction of sp³-hybridized carbons (Fsp3) is 0.500. The Hall–Kier alpha value is -4.48. The Morgan fingerprint density at radius 1 is 0.636 bits per heavy atom. The van der Waals surface area contributed by atoms with E-state index in [1.807, 2.05) is 27.7 Å². The fourth-order valence-corrected chi connectivity index (χ4v) is 6.16. The molecule has 44 heavy (non-hydrogen) atoms. The second-order valence-corrected chi connectivity index (χ2v) is 12.2. The van der Waals surface area contributed by atoms with Crippen molar-refractivity contribution < 1.29 is 47.6 Å². The summed E-state index contributed by atoms with van der Waals surface area (Å²) in [6.07, 6.45) is -1.33. The molecule has 2 fully saturated rings. The quantitative estimate of drug-likeness (QED) is 0.409. The molecule has 0 N–H and O–H groups in total. The van der Waals surface area contributed by atoms with Crippen LogP contribution in [-0.2, 0) is 31.9 Å². The monoisotopic (exact) mass is 608 g/mol. The van der Waals surface area contributed by atoms with Crippen molar-refractivity contribution in [3.05, 3.63) is 47.5 Å². The van der Waals surface area contributed by atoms with E-state index in [0.29, 0.717) is 34.1 Å². The zero-order chi connectivity index (χ0) is 31.1. The SMILES string of the molecule is CC(C)[C@H]1COC(=O)N1C(=O)[C@@H](Cc1ccc2c(c1)OCO2)[C@H](Cc1ccc2c(c1)OCO2)C(=O)N1C(=O)OC[C@@H]1C(C)C. The van der Waals surface area contributed by atoms with Gasteiger partial charge in [0.05, 0.1) is 23.9 Å². The van der Waals surface area contributed by atoms with E-state index >= 15 is 0 Å². The third-order valence-electron chi connectivity index (χ3n) is 8.73. The van der Waals surface area contributed by atoms with E-state index in [4.69, 9.17) is 28.4 Å². The van der Waals surface area contributed by atoms with Crippen LogP contribution in [0.1, 0.15) is 38.8 Å². The third-order valence-corrected chi connectivity index (χ3v) is 8.73. The molecule has 0 radical (unpaired) electrons. The van der Waals surface area contributed by atoms with Gasteiger partial charge in [-0.1, -0.05) is 39.8 Å². The highest BCUT2D eigenvalue weighted by atomic mass is 16.7. The van der Waals surface area contributed by atoms with Gasteiger partial charge in [-0.2, -0.15) is 0 Å². The number of amides is 4. The number of hydrogen-bond acceptors (Lipinski definition) is 10. The van der Waals surface area contributed by atoms with E-state index in [2.05, 4.69) is 0 Å². The highest BCUT2D eigenvalue weighted by molar-refractivity contribution is 6.00. The average molecular weight is 609 g/mol. The molecule has 234 valence electrons. The summed E-state index contributed by atoms with van der Waals surface area (Å²) in [4.78, 5) is 57.5. The third kappa shape index (κ3) is 5.48. The summed E-state index contributed by atoms with van der Waals surface area (Å²) in [6, 6.07) is 9.65. The Morgan fingerprint density at radius 2 is 1.02 bits per heavy atom. The predicted molar refractivity (Wildman–Crippen MR) is 153 cm³/mol. The number of nitrogens with zero attached hydrogens (tertiary/aromatic N) is 2. The van der Waals surface area contributed by atoms with Crippen LogP contribution in [0.25, 0.3) is 0 Å². The van der Waals surface area contributed by atoms with Crippen molar-refractivity contribution in [1.29, 1.82) is 0 Å². The molecule has 4 aliphatic rings. The summed E-state index contributed by atoms with van der Waals surface area (Å²) in [5, 5.41) is 0. The van der Waals surface area contributed by atoms with Crippen molar-refractivity contribution in [1.82, 2.24) is 9.80 Å². The molecule has 0 spiro atoms. The summed E-state index contributed by atoms with van der Waals surface area (Å²) >= 11 is 0. The lowest BCUT2D eigenvalue weighted by Crippen LogP contribution is -2.52. The van der Waals surface area contributed by atoms with Gasteiger partial charge in [-0.3, -0.25) is 9.59 Å². The van der Waals surface area contributed by atoms with Crippen LogP contribution in [0.15, 0.2) is 36.4 Å². The predicted octanol–water partition coefficient (Wildman–Crippen LogP) is 4.17. The molecular weight excluding hydrogens is 572 g/mol. The molecule has 12 heteroatoms. The van der Waals surface area contributed by atoms with E-state index in [1.165, 1.54) is 0 Å². The molecule has 6 rings (SSSR count). The fourth-order valence-electron chi connectivity index (χ4n) is 6.16. The number of carbonyl (C=O) groups excluding carboxylic acids is 4. The number of hydrogen-bond donors (Lipinski definition) is 0. The lowest BCUT2D eigenvalue weighted by atomic mass is 9.80. The second kappa shape index (κ2) is 11.9. The molecule has 4 amide bonds. The van der Waals surface area contributed by atoms with Crippen LogP contribution < -0.4 is 18.9 Å². The molecule has 4 heterocycles. The molecule has 0 aromatic heterocycles. The summed E-state index contributed by atoms with van der Waals surface area (Å²) in [6.45, 7) is 7.91. The minimum Gasteiger partial charge on any atom is -0.454 e. The molecule has 12 nitrogen and oxygen atoms in total. The van der Waals surface area contributed by atoms with Gasteiger partial charge in [-0.15, -0.1) is 0 Å². The standard InChI is InChI=1S/C32H36N2O10/c1-17(2)23-13-39-31(37)33(23)29(35)21(9-19-5-7-25-27(11-19)43-15-41-25)22(10-20-6-8-26-28(12-20)44-16-42-26)30(36)34-24(18(3)4)14-40-32(34)38/h5-8,11-12,17-18,21-24H,9-10,13-16H2,1-4H3/t21-,22-,23+,24+/m0/s1. The van der Waals surface area contributed by atoms with E-state index in [-0.39, 0.29) is 51.5 Å². The van der Waals surface area contributed by atoms with Crippen LogP contribution in [0.3, 0.4) is 0 Å². The molecule has 0 saturated carbocycles. The van der Waals surface area contributed by atoms with Crippen LogP contribution in [0, 0.1) is 23.7 Å². The molecule has 0 unspecified atom stereocenters. The van der Waals surface area contributed by atoms with Crippen LogP contribution in [-0.4, -0.2) is 72.7 Å². The number of carbonyl (C=O) groups is 4. The van der Waals surface area contributed by atoms with Crippen LogP contribution >= 0.6 is 0 Å². The maximum Gasteiger partial charge on any atom is 0.416 e.